The lowest BCUT2D eigenvalue weighted by Gasteiger charge is -2.20. The summed E-state index contributed by atoms with van der Waals surface area (Å²) >= 11 is 3.46. The minimum Gasteiger partial charge on any atom is -0.374 e. The molecule has 4 heteroatoms. The van der Waals surface area contributed by atoms with E-state index in [1.165, 1.54) is 5.56 Å². The average Bonchev–Trinajstić information content (AvgIpc) is 2.45. The summed E-state index contributed by atoms with van der Waals surface area (Å²) < 4.78 is 0.846. The molecule has 2 rings (SSSR count). The van der Waals surface area contributed by atoms with E-state index in [1.54, 1.807) is 6.92 Å². The van der Waals surface area contributed by atoms with Crippen LogP contribution >= 0.6 is 15.9 Å². The standard InChI is InChI=1S/C16H17BrN2O/c1-12(20)15-4-3-14(11-16(15)17)19(2)10-7-13-5-8-18-9-6-13/h3-6,8-9,11H,7,10H2,1-2H3. The molecule has 1 aromatic heterocycles. The predicted molar refractivity (Wildman–Crippen MR) is 85.4 cm³/mol. The highest BCUT2D eigenvalue weighted by molar-refractivity contribution is 9.10. The molecule has 0 aliphatic heterocycles. The van der Waals surface area contributed by atoms with Crippen LogP contribution < -0.4 is 4.90 Å². The van der Waals surface area contributed by atoms with Crippen molar-refractivity contribution in [2.45, 2.75) is 13.3 Å². The fourth-order valence-corrected chi connectivity index (χ4v) is 2.65. The van der Waals surface area contributed by atoms with Gasteiger partial charge in [-0.2, -0.15) is 0 Å². The first-order valence-electron chi connectivity index (χ1n) is 6.48. The van der Waals surface area contributed by atoms with Crippen LogP contribution in [0.5, 0.6) is 0 Å². The quantitative estimate of drug-likeness (QED) is 0.782. The largest absolute Gasteiger partial charge is 0.374 e. The third-order valence-electron chi connectivity index (χ3n) is 3.26. The molecule has 1 heterocycles. The summed E-state index contributed by atoms with van der Waals surface area (Å²) in [6.07, 6.45) is 4.59. The third-order valence-corrected chi connectivity index (χ3v) is 3.91. The van der Waals surface area contributed by atoms with E-state index >= 15 is 0 Å². The molecule has 0 saturated heterocycles. The van der Waals surface area contributed by atoms with Crippen LogP contribution in [-0.2, 0) is 6.42 Å². The van der Waals surface area contributed by atoms with Crippen LogP contribution in [0.15, 0.2) is 47.2 Å². The third kappa shape index (κ3) is 3.67. The molecule has 0 atom stereocenters. The van der Waals surface area contributed by atoms with E-state index in [-0.39, 0.29) is 5.78 Å². The summed E-state index contributed by atoms with van der Waals surface area (Å²) in [6.45, 7) is 2.49. The Morgan fingerprint density at radius 3 is 2.55 bits per heavy atom. The maximum Gasteiger partial charge on any atom is 0.160 e. The first-order chi connectivity index (χ1) is 9.58. The monoisotopic (exact) mass is 332 g/mol. The average molecular weight is 333 g/mol. The van der Waals surface area contributed by atoms with Crippen molar-refractivity contribution in [2.75, 3.05) is 18.5 Å². The Bertz CT molecular complexity index is 599. The number of nitrogens with zero attached hydrogens (tertiary/aromatic N) is 2. The number of hydrogen-bond donors (Lipinski definition) is 0. The number of hydrogen-bond acceptors (Lipinski definition) is 3. The summed E-state index contributed by atoms with van der Waals surface area (Å²) in [5.74, 6) is 0.0721. The molecule has 0 unspecified atom stereocenters. The van der Waals surface area contributed by atoms with Crippen molar-refractivity contribution in [3.63, 3.8) is 0 Å². The number of carbonyl (C=O) groups is 1. The Morgan fingerprint density at radius 1 is 1.25 bits per heavy atom. The molecule has 104 valence electrons. The smallest absolute Gasteiger partial charge is 0.160 e. The van der Waals surface area contributed by atoms with Gasteiger partial charge in [0.25, 0.3) is 0 Å². The topological polar surface area (TPSA) is 33.2 Å². The lowest BCUT2D eigenvalue weighted by atomic mass is 10.1. The highest BCUT2D eigenvalue weighted by atomic mass is 79.9. The molecule has 0 N–H and O–H groups in total. The van der Waals surface area contributed by atoms with E-state index in [2.05, 4.69) is 32.9 Å². The SMILES string of the molecule is CC(=O)c1ccc(N(C)CCc2ccncc2)cc1Br. The van der Waals surface area contributed by atoms with Crippen molar-refractivity contribution < 1.29 is 4.79 Å². The van der Waals surface area contributed by atoms with Crippen LogP contribution in [0.1, 0.15) is 22.8 Å². The zero-order valence-corrected chi connectivity index (χ0v) is 13.2. The summed E-state index contributed by atoms with van der Waals surface area (Å²) in [5, 5.41) is 0. The Morgan fingerprint density at radius 2 is 1.95 bits per heavy atom. The number of anilines is 1. The van der Waals surface area contributed by atoms with E-state index in [0.717, 1.165) is 28.7 Å². The maximum atomic E-state index is 11.4. The highest BCUT2D eigenvalue weighted by Gasteiger charge is 2.08. The van der Waals surface area contributed by atoms with Gasteiger partial charge in [0.15, 0.2) is 5.78 Å². The molecular formula is C16H17BrN2O. The molecule has 0 saturated carbocycles. The number of aromatic nitrogens is 1. The van der Waals surface area contributed by atoms with Crippen LogP contribution in [0.4, 0.5) is 5.69 Å². The van der Waals surface area contributed by atoms with E-state index < -0.39 is 0 Å². The van der Waals surface area contributed by atoms with Gasteiger partial charge in [0.2, 0.25) is 0 Å². The van der Waals surface area contributed by atoms with E-state index in [0.29, 0.717) is 0 Å². The van der Waals surface area contributed by atoms with E-state index in [1.807, 2.05) is 42.7 Å². The van der Waals surface area contributed by atoms with Crippen LogP contribution in [0, 0.1) is 0 Å². The van der Waals surface area contributed by atoms with Gasteiger partial charge in [-0.15, -0.1) is 0 Å². The van der Waals surface area contributed by atoms with Gasteiger partial charge < -0.3 is 4.90 Å². The van der Waals surface area contributed by atoms with Crippen LogP contribution in [-0.4, -0.2) is 24.4 Å². The van der Waals surface area contributed by atoms with Crippen molar-refractivity contribution in [2.24, 2.45) is 0 Å². The second kappa shape index (κ2) is 6.66. The molecule has 0 amide bonds. The van der Waals surface area contributed by atoms with Crippen molar-refractivity contribution in [1.29, 1.82) is 0 Å². The summed E-state index contributed by atoms with van der Waals surface area (Å²) in [4.78, 5) is 17.6. The zero-order valence-electron chi connectivity index (χ0n) is 11.6. The predicted octanol–water partition coefficient (Wildman–Crippen LogP) is 3.73. The van der Waals surface area contributed by atoms with Gasteiger partial charge in [0, 0.05) is 41.7 Å². The maximum absolute atomic E-state index is 11.4. The minimum atomic E-state index is 0.0721. The first kappa shape index (κ1) is 14.7. The van der Waals surface area contributed by atoms with E-state index in [4.69, 9.17) is 0 Å². The number of rotatable bonds is 5. The van der Waals surface area contributed by atoms with Gasteiger partial charge >= 0.3 is 0 Å². The number of ketones is 1. The number of pyridine rings is 1. The molecule has 0 fully saturated rings. The van der Waals surface area contributed by atoms with Crippen molar-refractivity contribution in [3.8, 4) is 0 Å². The van der Waals surface area contributed by atoms with Crippen LogP contribution in [0.25, 0.3) is 0 Å². The van der Waals surface area contributed by atoms with Gasteiger partial charge in [-0.05, 0) is 65.2 Å². The Balaban J connectivity index is 2.04. The lowest BCUT2D eigenvalue weighted by molar-refractivity contribution is 0.101. The Labute approximate surface area is 127 Å². The highest BCUT2D eigenvalue weighted by Crippen LogP contribution is 2.24. The summed E-state index contributed by atoms with van der Waals surface area (Å²) in [5.41, 5.74) is 3.08. The van der Waals surface area contributed by atoms with Crippen LogP contribution in [0.3, 0.4) is 0 Å². The number of benzene rings is 1. The van der Waals surface area contributed by atoms with Gasteiger partial charge in [-0.1, -0.05) is 0 Å². The van der Waals surface area contributed by atoms with Gasteiger partial charge in [0.05, 0.1) is 0 Å². The normalized spacial score (nSPS) is 10.3. The van der Waals surface area contributed by atoms with Gasteiger partial charge in [-0.25, -0.2) is 0 Å². The van der Waals surface area contributed by atoms with E-state index in [9.17, 15) is 4.79 Å². The second-order valence-corrected chi connectivity index (χ2v) is 5.60. The molecule has 0 aliphatic carbocycles. The molecule has 0 radical (unpaired) electrons. The number of likely N-dealkylation sites (N-methyl/N-ethyl adjacent to an activating group) is 1. The zero-order chi connectivity index (χ0) is 14.5. The van der Waals surface area contributed by atoms with Crippen molar-refractivity contribution >= 4 is 27.4 Å². The van der Waals surface area contributed by atoms with Gasteiger partial charge in [-0.3, -0.25) is 9.78 Å². The molecule has 0 spiro atoms. The Kier molecular flexibility index (Phi) is 4.90. The minimum absolute atomic E-state index is 0.0721. The van der Waals surface area contributed by atoms with Crippen molar-refractivity contribution in [3.05, 3.63) is 58.3 Å². The molecule has 2 aromatic rings. The molecule has 0 aliphatic rings. The molecule has 0 bridgehead atoms. The molecular weight excluding hydrogens is 316 g/mol. The van der Waals surface area contributed by atoms with Crippen molar-refractivity contribution in [1.82, 2.24) is 4.98 Å². The number of carbonyl (C=O) groups excluding carboxylic acids is 1. The molecule has 1 aromatic carbocycles. The molecule has 3 nitrogen and oxygen atoms in total. The summed E-state index contributed by atoms with van der Waals surface area (Å²) in [7, 11) is 2.05. The van der Waals surface area contributed by atoms with Gasteiger partial charge in [0.1, 0.15) is 0 Å². The first-order valence-corrected chi connectivity index (χ1v) is 7.28. The van der Waals surface area contributed by atoms with Crippen LogP contribution in [0.2, 0.25) is 0 Å². The number of Topliss-reactive ketones (excluding diaryl/α,β-unsaturated/α-hetero) is 1. The number of halogens is 1. The fourth-order valence-electron chi connectivity index (χ4n) is 2.00. The summed E-state index contributed by atoms with van der Waals surface area (Å²) in [6, 6.07) is 9.90. The second-order valence-electron chi connectivity index (χ2n) is 4.75. The fraction of sp³-hybridized carbons (Fsp3) is 0.250. The Hall–Kier alpha value is -1.68. The lowest BCUT2D eigenvalue weighted by Crippen LogP contribution is -2.20. The molecule has 20 heavy (non-hydrogen) atoms.